The highest BCUT2D eigenvalue weighted by molar-refractivity contribution is 6.05. The number of rotatable bonds is 2. The summed E-state index contributed by atoms with van der Waals surface area (Å²) in [6, 6.07) is 16.5. The van der Waals surface area contributed by atoms with Gasteiger partial charge in [-0.15, -0.1) is 0 Å². The zero-order valence-electron chi connectivity index (χ0n) is 11.4. The molecule has 0 atom stereocenters. The van der Waals surface area contributed by atoms with E-state index in [0.29, 0.717) is 11.0 Å². The van der Waals surface area contributed by atoms with E-state index in [9.17, 15) is 9.90 Å². The van der Waals surface area contributed by atoms with Gasteiger partial charge in [0.05, 0.1) is 5.56 Å². The zero-order chi connectivity index (χ0) is 15.1. The first-order valence-corrected chi connectivity index (χ1v) is 6.72. The second-order valence-electron chi connectivity index (χ2n) is 4.98. The number of hydrogen-bond acceptors (Lipinski definition) is 4. The standard InChI is InChI=1S/C17H10N2O3/c20-17(21)11-8-7-10-3-1-4-12(14(10)9-11)13-5-2-6-15-16(13)19-22-18-15/h1-9H,(H,20,21). The molecule has 0 aliphatic rings. The zero-order valence-corrected chi connectivity index (χ0v) is 11.4. The average Bonchev–Trinajstić information content (AvgIpc) is 3.02. The molecule has 1 heterocycles. The predicted molar refractivity (Wildman–Crippen MR) is 81.7 cm³/mol. The molecule has 3 aromatic carbocycles. The van der Waals surface area contributed by atoms with Crippen LogP contribution in [0.25, 0.3) is 32.9 Å². The van der Waals surface area contributed by atoms with E-state index in [4.69, 9.17) is 4.63 Å². The molecule has 0 bridgehead atoms. The number of fused-ring (bicyclic) bond motifs is 2. The van der Waals surface area contributed by atoms with Gasteiger partial charge in [0.25, 0.3) is 0 Å². The van der Waals surface area contributed by atoms with Crippen LogP contribution in [-0.2, 0) is 0 Å². The summed E-state index contributed by atoms with van der Waals surface area (Å²) in [5.74, 6) is -0.946. The van der Waals surface area contributed by atoms with Crippen LogP contribution in [0.3, 0.4) is 0 Å². The van der Waals surface area contributed by atoms with E-state index in [1.807, 2.05) is 42.5 Å². The monoisotopic (exact) mass is 290 g/mol. The number of carboxylic acids is 1. The lowest BCUT2D eigenvalue weighted by molar-refractivity contribution is 0.0697. The molecule has 4 aromatic rings. The molecule has 0 saturated carbocycles. The number of carbonyl (C=O) groups is 1. The van der Waals surface area contributed by atoms with Gasteiger partial charge in [-0.25, -0.2) is 9.42 Å². The van der Waals surface area contributed by atoms with Crippen molar-refractivity contribution in [3.8, 4) is 11.1 Å². The normalized spacial score (nSPS) is 11.1. The fourth-order valence-electron chi connectivity index (χ4n) is 2.66. The van der Waals surface area contributed by atoms with Gasteiger partial charge < -0.3 is 5.11 Å². The summed E-state index contributed by atoms with van der Waals surface area (Å²) in [6.07, 6.45) is 0. The van der Waals surface area contributed by atoms with Gasteiger partial charge in [-0.3, -0.25) is 0 Å². The summed E-state index contributed by atoms with van der Waals surface area (Å²) in [4.78, 5) is 11.2. The number of nitrogens with zero attached hydrogens (tertiary/aromatic N) is 2. The largest absolute Gasteiger partial charge is 0.478 e. The molecule has 0 spiro atoms. The van der Waals surface area contributed by atoms with Crippen LogP contribution in [0.1, 0.15) is 10.4 Å². The van der Waals surface area contributed by atoms with E-state index in [2.05, 4.69) is 10.3 Å². The Balaban J connectivity index is 2.08. The lowest BCUT2D eigenvalue weighted by Gasteiger charge is -2.08. The van der Waals surface area contributed by atoms with Crippen LogP contribution in [0.4, 0.5) is 0 Å². The van der Waals surface area contributed by atoms with Crippen molar-refractivity contribution in [3.05, 3.63) is 60.2 Å². The van der Waals surface area contributed by atoms with E-state index in [0.717, 1.165) is 21.9 Å². The van der Waals surface area contributed by atoms with Crippen molar-refractivity contribution in [2.24, 2.45) is 0 Å². The molecule has 0 aliphatic carbocycles. The summed E-state index contributed by atoms with van der Waals surface area (Å²) < 4.78 is 4.81. The SMILES string of the molecule is O=C(O)c1ccc2cccc(-c3cccc4nonc34)c2c1. The Morgan fingerprint density at radius 2 is 1.77 bits per heavy atom. The topological polar surface area (TPSA) is 76.2 Å². The van der Waals surface area contributed by atoms with Gasteiger partial charge in [-0.05, 0) is 44.8 Å². The van der Waals surface area contributed by atoms with E-state index in [-0.39, 0.29) is 5.56 Å². The minimum atomic E-state index is -0.946. The summed E-state index contributed by atoms with van der Waals surface area (Å²) in [6.45, 7) is 0. The molecular formula is C17H10N2O3. The van der Waals surface area contributed by atoms with Gasteiger partial charge in [0.1, 0.15) is 11.0 Å². The molecule has 106 valence electrons. The van der Waals surface area contributed by atoms with E-state index >= 15 is 0 Å². The predicted octanol–water partition coefficient (Wildman–Crippen LogP) is 3.74. The minimum absolute atomic E-state index is 0.255. The van der Waals surface area contributed by atoms with Crippen molar-refractivity contribution in [3.63, 3.8) is 0 Å². The summed E-state index contributed by atoms with van der Waals surface area (Å²) >= 11 is 0. The van der Waals surface area contributed by atoms with Gasteiger partial charge in [0.15, 0.2) is 0 Å². The smallest absolute Gasteiger partial charge is 0.335 e. The Morgan fingerprint density at radius 3 is 2.64 bits per heavy atom. The first kappa shape index (κ1) is 12.5. The Labute approximate surface area is 124 Å². The van der Waals surface area contributed by atoms with Crippen molar-refractivity contribution >= 4 is 27.8 Å². The molecule has 22 heavy (non-hydrogen) atoms. The Kier molecular flexibility index (Phi) is 2.66. The number of hydrogen-bond donors (Lipinski definition) is 1. The van der Waals surface area contributed by atoms with E-state index in [1.165, 1.54) is 0 Å². The van der Waals surface area contributed by atoms with Gasteiger partial charge in [-0.1, -0.05) is 36.4 Å². The molecule has 0 saturated heterocycles. The van der Waals surface area contributed by atoms with Crippen LogP contribution in [0.5, 0.6) is 0 Å². The van der Waals surface area contributed by atoms with E-state index in [1.54, 1.807) is 12.1 Å². The molecular weight excluding hydrogens is 280 g/mol. The molecule has 0 unspecified atom stereocenters. The minimum Gasteiger partial charge on any atom is -0.478 e. The number of aromatic nitrogens is 2. The molecule has 5 heteroatoms. The number of benzene rings is 3. The van der Waals surface area contributed by atoms with Crippen LogP contribution < -0.4 is 0 Å². The third-order valence-electron chi connectivity index (χ3n) is 3.71. The number of carboxylic acid groups (broad SMARTS) is 1. The van der Waals surface area contributed by atoms with Crippen molar-refractivity contribution in [2.45, 2.75) is 0 Å². The maximum Gasteiger partial charge on any atom is 0.335 e. The highest BCUT2D eigenvalue weighted by atomic mass is 16.6. The second-order valence-corrected chi connectivity index (χ2v) is 4.98. The highest BCUT2D eigenvalue weighted by Gasteiger charge is 2.12. The molecule has 0 aliphatic heterocycles. The van der Waals surface area contributed by atoms with Crippen LogP contribution in [0.15, 0.2) is 59.2 Å². The lowest BCUT2D eigenvalue weighted by atomic mass is 9.96. The van der Waals surface area contributed by atoms with Crippen LogP contribution >= 0.6 is 0 Å². The van der Waals surface area contributed by atoms with Gasteiger partial charge in [-0.2, -0.15) is 0 Å². The van der Waals surface area contributed by atoms with Crippen molar-refractivity contribution in [1.82, 2.24) is 10.3 Å². The molecule has 5 nitrogen and oxygen atoms in total. The quantitative estimate of drug-likeness (QED) is 0.608. The molecule has 0 fully saturated rings. The van der Waals surface area contributed by atoms with Crippen molar-refractivity contribution in [1.29, 1.82) is 0 Å². The maximum absolute atomic E-state index is 11.2. The molecule has 0 amide bonds. The van der Waals surface area contributed by atoms with Gasteiger partial charge in [0, 0.05) is 5.56 Å². The third kappa shape index (κ3) is 1.83. The number of aromatic carboxylic acids is 1. The van der Waals surface area contributed by atoms with Crippen LogP contribution in [0.2, 0.25) is 0 Å². The lowest BCUT2D eigenvalue weighted by Crippen LogP contribution is -1.95. The first-order valence-electron chi connectivity index (χ1n) is 6.72. The van der Waals surface area contributed by atoms with Crippen LogP contribution in [-0.4, -0.2) is 21.4 Å². The molecule has 1 aromatic heterocycles. The first-order chi connectivity index (χ1) is 10.7. The van der Waals surface area contributed by atoms with Gasteiger partial charge in [0.2, 0.25) is 0 Å². The summed E-state index contributed by atoms with van der Waals surface area (Å²) in [7, 11) is 0. The molecule has 1 N–H and O–H groups in total. The van der Waals surface area contributed by atoms with Crippen LogP contribution in [0, 0.1) is 0 Å². The highest BCUT2D eigenvalue weighted by Crippen LogP contribution is 2.33. The fourth-order valence-corrected chi connectivity index (χ4v) is 2.66. The Hall–Kier alpha value is -3.21. The van der Waals surface area contributed by atoms with E-state index < -0.39 is 5.97 Å². The summed E-state index contributed by atoms with van der Waals surface area (Å²) in [5.41, 5.74) is 3.36. The molecule has 0 radical (unpaired) electrons. The molecule has 4 rings (SSSR count). The second kappa shape index (κ2) is 4.66. The van der Waals surface area contributed by atoms with Gasteiger partial charge >= 0.3 is 5.97 Å². The Morgan fingerprint density at radius 1 is 0.955 bits per heavy atom. The third-order valence-corrected chi connectivity index (χ3v) is 3.71. The van der Waals surface area contributed by atoms with Crippen molar-refractivity contribution in [2.75, 3.05) is 0 Å². The Bertz CT molecular complexity index is 1020. The van der Waals surface area contributed by atoms with Crippen molar-refractivity contribution < 1.29 is 14.5 Å². The maximum atomic E-state index is 11.2. The average molecular weight is 290 g/mol. The fraction of sp³-hybridized carbons (Fsp3) is 0. The summed E-state index contributed by atoms with van der Waals surface area (Å²) in [5, 5.41) is 18.8.